The minimum atomic E-state index is -0.100. The second-order valence-corrected chi connectivity index (χ2v) is 6.93. The minimum absolute atomic E-state index is 0.0508. The monoisotopic (exact) mass is 412 g/mol. The molecule has 0 bridgehead atoms. The molecule has 2 amide bonds. The third-order valence-electron chi connectivity index (χ3n) is 4.95. The molecule has 0 N–H and O–H groups in total. The van der Waals surface area contributed by atoms with Crippen molar-refractivity contribution in [2.75, 3.05) is 46.5 Å². The molecular weight excluding hydrogens is 384 g/mol. The van der Waals surface area contributed by atoms with Gasteiger partial charge in [0, 0.05) is 31.7 Å². The van der Waals surface area contributed by atoms with E-state index in [2.05, 4.69) is 0 Å². The number of carbonyl (C=O) groups is 2. The van der Waals surface area contributed by atoms with Crippen LogP contribution in [0.4, 0.5) is 0 Å². The van der Waals surface area contributed by atoms with Crippen LogP contribution in [0.15, 0.2) is 48.5 Å². The Morgan fingerprint density at radius 1 is 0.900 bits per heavy atom. The lowest BCUT2D eigenvalue weighted by Crippen LogP contribution is -2.39. The number of hydrogen-bond acceptors (Lipinski definition) is 5. The Hall–Kier alpha value is -3.22. The summed E-state index contributed by atoms with van der Waals surface area (Å²) in [5.41, 5.74) is 0.588. The summed E-state index contributed by atoms with van der Waals surface area (Å²) in [7, 11) is 1.58. The largest absolute Gasteiger partial charge is 0.497 e. The minimum Gasteiger partial charge on any atom is -0.497 e. The Kier molecular flexibility index (Phi) is 7.54. The van der Waals surface area contributed by atoms with Gasteiger partial charge in [0.25, 0.3) is 11.8 Å². The number of para-hydroxylation sites is 2. The van der Waals surface area contributed by atoms with Gasteiger partial charge in [-0.2, -0.15) is 0 Å². The summed E-state index contributed by atoms with van der Waals surface area (Å²) >= 11 is 0. The summed E-state index contributed by atoms with van der Waals surface area (Å²) in [5, 5.41) is 0. The third-order valence-corrected chi connectivity index (χ3v) is 4.95. The molecule has 7 heteroatoms. The molecule has 160 valence electrons. The number of carbonyl (C=O) groups excluding carboxylic acids is 2. The van der Waals surface area contributed by atoms with Gasteiger partial charge in [0.05, 0.1) is 13.7 Å². The van der Waals surface area contributed by atoms with Gasteiger partial charge in [-0.05, 0) is 43.7 Å². The third kappa shape index (κ3) is 5.43. The number of methoxy groups -OCH3 is 1. The van der Waals surface area contributed by atoms with E-state index in [4.69, 9.17) is 14.2 Å². The first-order chi connectivity index (χ1) is 14.6. The highest BCUT2D eigenvalue weighted by Crippen LogP contribution is 2.26. The molecule has 0 saturated carbocycles. The Morgan fingerprint density at radius 2 is 1.60 bits per heavy atom. The Bertz CT molecular complexity index is 870. The van der Waals surface area contributed by atoms with E-state index in [1.54, 1.807) is 41.2 Å². The van der Waals surface area contributed by atoms with Crippen LogP contribution in [0, 0.1) is 0 Å². The maximum absolute atomic E-state index is 12.8. The van der Waals surface area contributed by atoms with Crippen LogP contribution in [0.1, 0.15) is 23.7 Å². The van der Waals surface area contributed by atoms with Crippen LogP contribution < -0.4 is 14.2 Å². The number of rotatable bonds is 7. The van der Waals surface area contributed by atoms with Crippen LogP contribution in [-0.4, -0.2) is 68.1 Å². The second-order valence-electron chi connectivity index (χ2n) is 6.93. The zero-order valence-corrected chi connectivity index (χ0v) is 17.5. The van der Waals surface area contributed by atoms with Crippen LogP contribution in [0.25, 0.3) is 0 Å². The van der Waals surface area contributed by atoms with Gasteiger partial charge < -0.3 is 24.0 Å². The van der Waals surface area contributed by atoms with Crippen molar-refractivity contribution in [1.82, 2.24) is 9.80 Å². The van der Waals surface area contributed by atoms with E-state index >= 15 is 0 Å². The van der Waals surface area contributed by atoms with E-state index in [9.17, 15) is 9.59 Å². The highest BCUT2D eigenvalue weighted by molar-refractivity contribution is 5.94. The van der Waals surface area contributed by atoms with Gasteiger partial charge in [-0.3, -0.25) is 9.59 Å². The highest BCUT2D eigenvalue weighted by atomic mass is 16.5. The summed E-state index contributed by atoms with van der Waals surface area (Å²) in [6.07, 6.45) is 0.719. The van der Waals surface area contributed by atoms with Crippen molar-refractivity contribution in [3.8, 4) is 17.2 Å². The van der Waals surface area contributed by atoms with Crippen molar-refractivity contribution in [3.05, 3.63) is 54.1 Å². The maximum atomic E-state index is 12.8. The van der Waals surface area contributed by atoms with Crippen molar-refractivity contribution in [1.29, 1.82) is 0 Å². The zero-order valence-electron chi connectivity index (χ0n) is 17.5. The summed E-state index contributed by atoms with van der Waals surface area (Å²) in [4.78, 5) is 29.0. The fourth-order valence-corrected chi connectivity index (χ4v) is 3.38. The van der Waals surface area contributed by atoms with E-state index in [-0.39, 0.29) is 18.4 Å². The molecule has 30 heavy (non-hydrogen) atoms. The highest BCUT2D eigenvalue weighted by Gasteiger charge is 2.23. The molecule has 1 aliphatic heterocycles. The number of amides is 2. The number of benzene rings is 2. The molecule has 3 rings (SSSR count). The smallest absolute Gasteiger partial charge is 0.260 e. The van der Waals surface area contributed by atoms with E-state index in [1.165, 1.54) is 0 Å². The molecule has 0 aromatic heterocycles. The molecular formula is C23H28N2O5. The molecule has 7 nitrogen and oxygen atoms in total. The van der Waals surface area contributed by atoms with Crippen LogP contribution >= 0.6 is 0 Å². The van der Waals surface area contributed by atoms with Gasteiger partial charge in [0.1, 0.15) is 5.75 Å². The number of hydrogen-bond donors (Lipinski definition) is 0. The predicted molar refractivity (Wildman–Crippen MR) is 113 cm³/mol. The SMILES string of the molecule is CCOc1ccccc1OCC(=O)N1CCCN(C(=O)c2cccc(OC)c2)CC1. The van der Waals surface area contributed by atoms with Gasteiger partial charge in [0.2, 0.25) is 0 Å². The number of ether oxygens (including phenoxy) is 3. The predicted octanol–water partition coefficient (Wildman–Crippen LogP) is 2.85. The van der Waals surface area contributed by atoms with Crippen molar-refractivity contribution in [2.24, 2.45) is 0 Å². The van der Waals surface area contributed by atoms with Crippen LogP contribution in [0.2, 0.25) is 0 Å². The normalized spacial score (nSPS) is 14.1. The number of nitrogens with zero attached hydrogens (tertiary/aromatic N) is 2. The molecule has 1 fully saturated rings. The van der Waals surface area contributed by atoms with Crippen molar-refractivity contribution < 1.29 is 23.8 Å². The van der Waals surface area contributed by atoms with E-state index in [0.29, 0.717) is 55.6 Å². The molecule has 0 unspecified atom stereocenters. The quantitative estimate of drug-likeness (QED) is 0.700. The molecule has 0 aliphatic carbocycles. The van der Waals surface area contributed by atoms with Crippen LogP contribution in [0.3, 0.4) is 0 Å². The standard InChI is InChI=1S/C23H28N2O5/c1-3-29-20-10-4-5-11-21(20)30-17-22(26)24-12-7-13-25(15-14-24)23(27)18-8-6-9-19(16-18)28-2/h4-6,8-11,16H,3,7,12-15,17H2,1-2H3. The average Bonchev–Trinajstić information content (AvgIpc) is 3.04. The molecule has 0 atom stereocenters. The average molecular weight is 412 g/mol. The summed E-state index contributed by atoms with van der Waals surface area (Å²) in [6.45, 7) is 4.52. The fraction of sp³-hybridized carbons (Fsp3) is 0.391. The molecule has 0 radical (unpaired) electrons. The van der Waals surface area contributed by atoms with Crippen LogP contribution in [0.5, 0.6) is 17.2 Å². The first-order valence-corrected chi connectivity index (χ1v) is 10.2. The molecule has 1 heterocycles. The topological polar surface area (TPSA) is 68.3 Å². The molecule has 1 saturated heterocycles. The van der Waals surface area contributed by atoms with E-state index in [1.807, 2.05) is 31.2 Å². The van der Waals surface area contributed by atoms with E-state index < -0.39 is 0 Å². The Labute approximate surface area is 177 Å². The lowest BCUT2D eigenvalue weighted by atomic mass is 10.2. The first-order valence-electron chi connectivity index (χ1n) is 10.2. The van der Waals surface area contributed by atoms with Gasteiger partial charge in [0.15, 0.2) is 18.1 Å². The van der Waals surface area contributed by atoms with Crippen molar-refractivity contribution in [2.45, 2.75) is 13.3 Å². The van der Waals surface area contributed by atoms with Crippen molar-refractivity contribution >= 4 is 11.8 Å². The van der Waals surface area contributed by atoms with Gasteiger partial charge in [-0.1, -0.05) is 18.2 Å². The lowest BCUT2D eigenvalue weighted by molar-refractivity contribution is -0.133. The molecule has 2 aromatic rings. The van der Waals surface area contributed by atoms with Crippen molar-refractivity contribution in [3.63, 3.8) is 0 Å². The van der Waals surface area contributed by atoms with Crippen LogP contribution in [-0.2, 0) is 4.79 Å². The molecule has 1 aliphatic rings. The summed E-state index contributed by atoms with van der Waals surface area (Å²) in [6, 6.07) is 14.4. The first kappa shape index (κ1) is 21.5. The maximum Gasteiger partial charge on any atom is 0.260 e. The Morgan fingerprint density at radius 3 is 2.33 bits per heavy atom. The van der Waals surface area contributed by atoms with E-state index in [0.717, 1.165) is 6.42 Å². The lowest BCUT2D eigenvalue weighted by Gasteiger charge is -2.22. The summed E-state index contributed by atoms with van der Waals surface area (Å²) < 4.78 is 16.4. The van der Waals surface area contributed by atoms with Gasteiger partial charge >= 0.3 is 0 Å². The Balaban J connectivity index is 1.55. The summed E-state index contributed by atoms with van der Waals surface area (Å²) in [5.74, 6) is 1.68. The fourth-order valence-electron chi connectivity index (χ4n) is 3.38. The molecule has 2 aromatic carbocycles. The van der Waals surface area contributed by atoms with Gasteiger partial charge in [-0.25, -0.2) is 0 Å². The second kappa shape index (κ2) is 10.5. The van der Waals surface area contributed by atoms with Gasteiger partial charge in [-0.15, -0.1) is 0 Å². The molecule has 0 spiro atoms. The zero-order chi connectivity index (χ0) is 21.3.